The average Bonchev–Trinajstić information content (AvgIpc) is 2.69. The minimum Gasteiger partial charge on any atom is -0.356 e. The van der Waals surface area contributed by atoms with Gasteiger partial charge in [-0.1, -0.05) is 29.3 Å². The first-order valence-corrected chi connectivity index (χ1v) is 11.9. The molecule has 0 unspecified atom stereocenters. The van der Waals surface area contributed by atoms with E-state index in [0.717, 1.165) is 24.8 Å². The van der Waals surface area contributed by atoms with E-state index in [9.17, 15) is 13.2 Å². The topological polar surface area (TPSA) is 66.5 Å². The van der Waals surface area contributed by atoms with Gasteiger partial charge in [0.05, 0.1) is 4.90 Å². The molecule has 0 spiro atoms. The maximum Gasteiger partial charge on any atom is 0.243 e. The molecule has 1 N–H and O–H groups in total. The summed E-state index contributed by atoms with van der Waals surface area (Å²) in [6, 6.07) is 7.00. The highest BCUT2D eigenvalue weighted by Crippen LogP contribution is 2.26. The van der Waals surface area contributed by atoms with E-state index >= 15 is 0 Å². The molecule has 0 saturated carbocycles. The van der Waals surface area contributed by atoms with E-state index in [2.05, 4.69) is 11.4 Å². The number of aryl methyl sites for hydroxylation is 1. The second-order valence-corrected chi connectivity index (χ2v) is 10.0. The summed E-state index contributed by atoms with van der Waals surface area (Å²) in [5.41, 5.74) is 2.52. The van der Waals surface area contributed by atoms with E-state index in [-0.39, 0.29) is 11.8 Å². The number of benzene rings is 1. The molecule has 2 aliphatic rings. The van der Waals surface area contributed by atoms with Crippen LogP contribution in [0, 0.1) is 12.8 Å². The number of allylic oxidation sites excluding steroid dienone is 1. The third kappa shape index (κ3) is 5.67. The first-order valence-electron chi connectivity index (χ1n) is 10.5. The number of carbonyl (C=O) groups is 1. The molecule has 5 nitrogen and oxygen atoms in total. The Morgan fingerprint density at radius 3 is 2.50 bits per heavy atom. The summed E-state index contributed by atoms with van der Waals surface area (Å²) >= 11 is 0. The van der Waals surface area contributed by atoms with Crippen LogP contribution in [0.25, 0.3) is 0 Å². The van der Waals surface area contributed by atoms with Crippen molar-refractivity contribution >= 4 is 15.9 Å². The van der Waals surface area contributed by atoms with Crippen molar-refractivity contribution in [3.63, 3.8) is 0 Å². The Morgan fingerprint density at radius 2 is 1.86 bits per heavy atom. The van der Waals surface area contributed by atoms with Gasteiger partial charge in [0.25, 0.3) is 0 Å². The standard InChI is InChI=1S/C22H32N2O3S/c1-18-7-9-21(10-8-18)28(26,27)24-15-12-20(13-16-24)17-22(25)23-14-11-19-5-3-2-4-6-19/h5,7-10,20H,2-4,6,11-17H2,1H3,(H,23,25). The van der Waals surface area contributed by atoms with Gasteiger partial charge in [-0.3, -0.25) is 4.79 Å². The molecule has 0 aromatic heterocycles. The zero-order chi connectivity index (χ0) is 20.0. The summed E-state index contributed by atoms with van der Waals surface area (Å²) < 4.78 is 27.1. The lowest BCUT2D eigenvalue weighted by atomic mass is 9.94. The Kier molecular flexibility index (Phi) is 7.30. The predicted molar refractivity (Wildman–Crippen MR) is 111 cm³/mol. The molecule has 1 heterocycles. The number of amides is 1. The summed E-state index contributed by atoms with van der Waals surface area (Å²) in [5, 5.41) is 3.04. The van der Waals surface area contributed by atoms with E-state index in [1.165, 1.54) is 31.3 Å². The normalized spacial score (nSPS) is 19.2. The second-order valence-electron chi connectivity index (χ2n) is 8.07. The molecule has 1 aliphatic heterocycles. The summed E-state index contributed by atoms with van der Waals surface area (Å²) in [7, 11) is -3.43. The first kappa shape index (κ1) is 21.1. The lowest BCUT2D eigenvalue weighted by Crippen LogP contribution is -2.39. The molecule has 1 aromatic rings. The van der Waals surface area contributed by atoms with Gasteiger partial charge in [0.2, 0.25) is 15.9 Å². The van der Waals surface area contributed by atoms with Crippen LogP contribution in [0.3, 0.4) is 0 Å². The van der Waals surface area contributed by atoms with Crippen LogP contribution in [0.5, 0.6) is 0 Å². The largest absolute Gasteiger partial charge is 0.356 e. The van der Waals surface area contributed by atoms with Crippen molar-refractivity contribution in [1.82, 2.24) is 9.62 Å². The van der Waals surface area contributed by atoms with Crippen LogP contribution in [-0.2, 0) is 14.8 Å². The van der Waals surface area contributed by atoms with Crippen LogP contribution in [0.15, 0.2) is 40.8 Å². The number of carbonyl (C=O) groups excluding carboxylic acids is 1. The number of nitrogens with one attached hydrogen (secondary N) is 1. The molecule has 0 atom stereocenters. The van der Waals surface area contributed by atoms with Crippen molar-refractivity contribution in [2.75, 3.05) is 19.6 Å². The molecule has 1 fully saturated rings. The smallest absolute Gasteiger partial charge is 0.243 e. The number of nitrogens with zero attached hydrogens (tertiary/aromatic N) is 1. The Hall–Kier alpha value is -1.66. The van der Waals surface area contributed by atoms with Crippen molar-refractivity contribution in [3.05, 3.63) is 41.5 Å². The molecular formula is C22H32N2O3S. The van der Waals surface area contributed by atoms with E-state index in [1.54, 1.807) is 16.4 Å². The summed E-state index contributed by atoms with van der Waals surface area (Å²) in [4.78, 5) is 12.6. The van der Waals surface area contributed by atoms with Gasteiger partial charge in [-0.05, 0) is 69.9 Å². The minimum atomic E-state index is -3.43. The molecule has 154 valence electrons. The van der Waals surface area contributed by atoms with E-state index < -0.39 is 10.0 Å². The maximum absolute atomic E-state index is 12.8. The Balaban J connectivity index is 1.41. The van der Waals surface area contributed by atoms with Crippen LogP contribution < -0.4 is 5.32 Å². The van der Waals surface area contributed by atoms with Gasteiger partial charge in [0.15, 0.2) is 0 Å². The Labute approximate surface area is 169 Å². The fourth-order valence-electron chi connectivity index (χ4n) is 4.04. The van der Waals surface area contributed by atoms with E-state index in [0.29, 0.717) is 31.0 Å². The third-order valence-corrected chi connectivity index (χ3v) is 7.77. The third-order valence-electron chi connectivity index (χ3n) is 5.86. The number of hydrogen-bond donors (Lipinski definition) is 1. The molecule has 6 heteroatoms. The van der Waals surface area contributed by atoms with Crippen LogP contribution in [-0.4, -0.2) is 38.3 Å². The van der Waals surface area contributed by atoms with Crippen LogP contribution >= 0.6 is 0 Å². The zero-order valence-corrected chi connectivity index (χ0v) is 17.6. The van der Waals surface area contributed by atoms with Crippen molar-refractivity contribution in [1.29, 1.82) is 0 Å². The van der Waals surface area contributed by atoms with Gasteiger partial charge in [-0.25, -0.2) is 8.42 Å². The molecule has 1 aliphatic carbocycles. The van der Waals surface area contributed by atoms with E-state index in [4.69, 9.17) is 0 Å². The van der Waals surface area contributed by atoms with Crippen molar-refractivity contribution in [3.8, 4) is 0 Å². The SMILES string of the molecule is Cc1ccc(S(=O)(=O)N2CCC(CC(=O)NCCC3=CCCCC3)CC2)cc1. The number of rotatable bonds is 7. The lowest BCUT2D eigenvalue weighted by molar-refractivity contribution is -0.122. The summed E-state index contributed by atoms with van der Waals surface area (Å²) in [6.45, 7) is 3.63. The minimum absolute atomic E-state index is 0.0938. The second kappa shape index (κ2) is 9.70. The van der Waals surface area contributed by atoms with Gasteiger partial charge in [-0.15, -0.1) is 0 Å². The summed E-state index contributed by atoms with van der Waals surface area (Å²) in [5.74, 6) is 0.356. The highest BCUT2D eigenvalue weighted by atomic mass is 32.2. The Morgan fingerprint density at radius 1 is 1.14 bits per heavy atom. The molecule has 0 bridgehead atoms. The lowest BCUT2D eigenvalue weighted by Gasteiger charge is -2.31. The molecule has 1 saturated heterocycles. The molecule has 1 amide bonds. The van der Waals surface area contributed by atoms with Crippen molar-refractivity contribution in [2.24, 2.45) is 5.92 Å². The highest BCUT2D eigenvalue weighted by Gasteiger charge is 2.30. The molecule has 3 rings (SSSR count). The number of sulfonamides is 1. The number of hydrogen-bond acceptors (Lipinski definition) is 3. The van der Waals surface area contributed by atoms with Crippen LogP contribution in [0.4, 0.5) is 0 Å². The van der Waals surface area contributed by atoms with Crippen LogP contribution in [0.2, 0.25) is 0 Å². The molecule has 1 aromatic carbocycles. The molecule has 0 radical (unpaired) electrons. The van der Waals surface area contributed by atoms with Crippen LogP contribution in [0.1, 0.15) is 56.9 Å². The van der Waals surface area contributed by atoms with Gasteiger partial charge in [0.1, 0.15) is 0 Å². The fourth-order valence-corrected chi connectivity index (χ4v) is 5.51. The zero-order valence-electron chi connectivity index (χ0n) is 16.8. The predicted octanol–water partition coefficient (Wildman–Crippen LogP) is 3.79. The maximum atomic E-state index is 12.8. The number of piperidine rings is 1. The highest BCUT2D eigenvalue weighted by molar-refractivity contribution is 7.89. The first-order chi connectivity index (χ1) is 13.4. The molecule has 28 heavy (non-hydrogen) atoms. The average molecular weight is 405 g/mol. The van der Waals surface area contributed by atoms with E-state index in [1.807, 2.05) is 19.1 Å². The monoisotopic (exact) mass is 404 g/mol. The van der Waals surface area contributed by atoms with Crippen molar-refractivity contribution < 1.29 is 13.2 Å². The van der Waals surface area contributed by atoms with Gasteiger partial charge in [-0.2, -0.15) is 4.31 Å². The van der Waals surface area contributed by atoms with Gasteiger partial charge < -0.3 is 5.32 Å². The van der Waals surface area contributed by atoms with Gasteiger partial charge >= 0.3 is 0 Å². The Bertz CT molecular complexity index is 792. The molecular weight excluding hydrogens is 372 g/mol. The van der Waals surface area contributed by atoms with Crippen molar-refractivity contribution in [2.45, 2.75) is 63.2 Å². The summed E-state index contributed by atoms with van der Waals surface area (Å²) in [6.07, 6.45) is 10.2. The quantitative estimate of drug-likeness (QED) is 0.703. The fraction of sp³-hybridized carbons (Fsp3) is 0.591. The van der Waals surface area contributed by atoms with Gasteiger partial charge in [0, 0.05) is 26.1 Å².